The number of thiocarbonyl (C=S) groups is 1. The molecule has 0 bridgehead atoms. The van der Waals surface area contributed by atoms with Crippen molar-refractivity contribution in [3.8, 4) is 5.75 Å². The van der Waals surface area contributed by atoms with Gasteiger partial charge in [0.15, 0.2) is 4.32 Å². The molecule has 0 radical (unpaired) electrons. The monoisotopic (exact) mass is 288 g/mol. The summed E-state index contributed by atoms with van der Waals surface area (Å²) >= 11 is 4.71. The summed E-state index contributed by atoms with van der Waals surface area (Å²) in [5.74, 6) is 0.274. The minimum atomic E-state index is -3.44. The minimum Gasteiger partial charge on any atom is -0.410 e. The molecule has 0 aromatic heterocycles. The van der Waals surface area contributed by atoms with Gasteiger partial charge in [0.25, 0.3) is 0 Å². The lowest BCUT2D eigenvalue weighted by Crippen LogP contribution is -2.22. The van der Waals surface area contributed by atoms with E-state index < -0.39 is 15.9 Å². The van der Waals surface area contributed by atoms with Crippen LogP contribution in [0.1, 0.15) is 0 Å². The molecular weight excluding hydrogens is 276 g/mol. The SMILES string of the molecule is CNC(=O)Oc1cccc(NC(=S)S(C)(=O)=O)c1. The van der Waals surface area contributed by atoms with Crippen LogP contribution in [0.2, 0.25) is 0 Å². The fraction of sp³-hybridized carbons (Fsp3) is 0.200. The fourth-order valence-corrected chi connectivity index (χ4v) is 1.43. The van der Waals surface area contributed by atoms with Crippen LogP contribution < -0.4 is 15.4 Å². The molecule has 1 rings (SSSR count). The zero-order chi connectivity index (χ0) is 13.8. The summed E-state index contributed by atoms with van der Waals surface area (Å²) in [6.45, 7) is 0. The van der Waals surface area contributed by atoms with E-state index in [1.165, 1.54) is 13.1 Å². The molecule has 0 heterocycles. The second-order valence-electron chi connectivity index (χ2n) is 3.35. The maximum absolute atomic E-state index is 11.1. The smallest absolute Gasteiger partial charge is 0.410 e. The van der Waals surface area contributed by atoms with Gasteiger partial charge in [0, 0.05) is 25.1 Å². The van der Waals surface area contributed by atoms with Crippen molar-refractivity contribution in [2.24, 2.45) is 0 Å². The van der Waals surface area contributed by atoms with E-state index in [9.17, 15) is 13.2 Å². The number of anilines is 1. The Labute approximate surface area is 110 Å². The van der Waals surface area contributed by atoms with Crippen LogP contribution in [0.4, 0.5) is 10.5 Å². The fourth-order valence-electron chi connectivity index (χ4n) is 1.01. The van der Waals surface area contributed by atoms with Crippen molar-refractivity contribution in [2.75, 3.05) is 18.6 Å². The van der Waals surface area contributed by atoms with Crippen LogP contribution in [0.3, 0.4) is 0 Å². The largest absolute Gasteiger partial charge is 0.412 e. The Bertz CT molecular complexity index is 569. The molecule has 98 valence electrons. The van der Waals surface area contributed by atoms with Crippen LogP contribution in [0.25, 0.3) is 0 Å². The van der Waals surface area contributed by atoms with E-state index >= 15 is 0 Å². The Kier molecular flexibility index (Phi) is 4.62. The summed E-state index contributed by atoms with van der Waals surface area (Å²) < 4.78 is 26.9. The van der Waals surface area contributed by atoms with Gasteiger partial charge in [-0.2, -0.15) is 0 Å². The lowest BCUT2D eigenvalue weighted by molar-refractivity contribution is 0.203. The van der Waals surface area contributed by atoms with Crippen molar-refractivity contribution >= 4 is 38.2 Å². The average Bonchev–Trinajstić information content (AvgIpc) is 2.28. The zero-order valence-electron chi connectivity index (χ0n) is 9.76. The molecule has 0 saturated carbocycles. The lowest BCUT2D eigenvalue weighted by atomic mass is 10.3. The molecule has 0 fully saturated rings. The number of carbonyl (C=O) groups is 1. The van der Waals surface area contributed by atoms with Gasteiger partial charge in [-0.3, -0.25) is 0 Å². The molecular formula is C10H12N2O4S2. The van der Waals surface area contributed by atoms with Gasteiger partial charge < -0.3 is 15.4 Å². The molecule has 0 aliphatic heterocycles. The number of benzene rings is 1. The highest BCUT2D eigenvalue weighted by molar-refractivity contribution is 8.17. The first-order valence-electron chi connectivity index (χ1n) is 4.83. The molecule has 6 nitrogen and oxygen atoms in total. The van der Waals surface area contributed by atoms with Gasteiger partial charge in [0.05, 0.1) is 0 Å². The number of ether oxygens (including phenoxy) is 1. The van der Waals surface area contributed by atoms with Crippen molar-refractivity contribution < 1.29 is 17.9 Å². The van der Waals surface area contributed by atoms with E-state index in [2.05, 4.69) is 10.6 Å². The molecule has 0 saturated heterocycles. The third-order valence-electron chi connectivity index (χ3n) is 1.83. The molecule has 2 N–H and O–H groups in total. The quantitative estimate of drug-likeness (QED) is 0.794. The molecule has 18 heavy (non-hydrogen) atoms. The Morgan fingerprint density at radius 1 is 1.39 bits per heavy atom. The van der Waals surface area contributed by atoms with Crippen molar-refractivity contribution in [1.29, 1.82) is 0 Å². The first-order chi connectivity index (χ1) is 8.32. The number of nitrogens with one attached hydrogen (secondary N) is 2. The van der Waals surface area contributed by atoms with Gasteiger partial charge in [0.2, 0.25) is 9.84 Å². The number of rotatable bonds is 2. The maximum Gasteiger partial charge on any atom is 0.412 e. The summed E-state index contributed by atoms with van der Waals surface area (Å²) in [7, 11) is -2.01. The number of carbonyl (C=O) groups excluding carboxylic acids is 1. The summed E-state index contributed by atoms with van der Waals surface area (Å²) in [5, 5.41) is 4.84. The zero-order valence-corrected chi connectivity index (χ0v) is 11.4. The summed E-state index contributed by atoms with van der Waals surface area (Å²) in [4.78, 5) is 11.0. The summed E-state index contributed by atoms with van der Waals surface area (Å²) in [6, 6.07) is 6.23. The Balaban J connectivity index is 2.83. The molecule has 0 aliphatic rings. The van der Waals surface area contributed by atoms with Crippen LogP contribution in [0.5, 0.6) is 5.75 Å². The number of sulfone groups is 1. The highest BCUT2D eigenvalue weighted by Gasteiger charge is 2.11. The molecule has 0 atom stereocenters. The standard InChI is InChI=1S/C10H12N2O4S2/c1-11-9(13)16-8-5-3-4-7(6-8)12-10(17)18(2,14)15/h3-6H,1-2H3,(H,11,13)(H,12,17). The molecule has 8 heteroatoms. The predicted molar refractivity (Wildman–Crippen MR) is 72.6 cm³/mol. The van der Waals surface area contributed by atoms with E-state index in [-0.39, 0.29) is 10.1 Å². The highest BCUT2D eigenvalue weighted by Crippen LogP contribution is 2.18. The van der Waals surface area contributed by atoms with Gasteiger partial charge >= 0.3 is 6.09 Å². The second-order valence-corrected chi connectivity index (χ2v) is 5.97. The van der Waals surface area contributed by atoms with Gasteiger partial charge in [-0.15, -0.1) is 0 Å². The highest BCUT2D eigenvalue weighted by atomic mass is 32.2. The number of hydrogen-bond donors (Lipinski definition) is 2. The molecule has 1 amide bonds. The average molecular weight is 288 g/mol. The van der Waals surface area contributed by atoms with Crippen LogP contribution in [0, 0.1) is 0 Å². The first-order valence-corrected chi connectivity index (χ1v) is 7.13. The van der Waals surface area contributed by atoms with Crippen molar-refractivity contribution in [3.05, 3.63) is 24.3 Å². The normalized spacial score (nSPS) is 10.6. The second kappa shape index (κ2) is 5.78. The van der Waals surface area contributed by atoms with Gasteiger partial charge in [0.1, 0.15) is 5.75 Å². The van der Waals surface area contributed by atoms with Crippen LogP contribution in [-0.2, 0) is 9.84 Å². The van der Waals surface area contributed by atoms with Crippen molar-refractivity contribution in [2.45, 2.75) is 0 Å². The maximum atomic E-state index is 11.1. The van der Waals surface area contributed by atoms with E-state index in [1.54, 1.807) is 18.2 Å². The molecule has 0 spiro atoms. The first kappa shape index (κ1) is 14.4. The topological polar surface area (TPSA) is 84.5 Å². The van der Waals surface area contributed by atoms with Crippen molar-refractivity contribution in [1.82, 2.24) is 5.32 Å². The van der Waals surface area contributed by atoms with E-state index in [0.717, 1.165) is 6.26 Å². The molecule has 1 aromatic rings. The Hall–Kier alpha value is -1.67. The van der Waals surface area contributed by atoms with E-state index in [0.29, 0.717) is 5.69 Å². The lowest BCUT2D eigenvalue weighted by Gasteiger charge is -2.08. The van der Waals surface area contributed by atoms with Gasteiger partial charge in [-0.1, -0.05) is 6.07 Å². The molecule has 0 unspecified atom stereocenters. The Morgan fingerprint density at radius 3 is 2.61 bits per heavy atom. The van der Waals surface area contributed by atoms with Crippen LogP contribution in [0.15, 0.2) is 24.3 Å². The summed E-state index contributed by atoms with van der Waals surface area (Å²) in [6.07, 6.45) is 0.394. The number of amides is 1. The van der Waals surface area contributed by atoms with Crippen LogP contribution >= 0.6 is 12.2 Å². The van der Waals surface area contributed by atoms with Crippen LogP contribution in [-0.4, -0.2) is 32.1 Å². The van der Waals surface area contributed by atoms with Crippen molar-refractivity contribution in [3.63, 3.8) is 0 Å². The van der Waals surface area contributed by atoms with E-state index in [1.807, 2.05) is 0 Å². The molecule has 0 aliphatic carbocycles. The third kappa shape index (κ3) is 4.30. The van der Waals surface area contributed by atoms with Gasteiger partial charge in [-0.05, 0) is 24.4 Å². The minimum absolute atomic E-state index is 0.274. The molecule has 1 aromatic carbocycles. The third-order valence-corrected chi connectivity index (χ3v) is 3.62. The predicted octanol–water partition coefficient (Wildman–Crippen LogP) is 1.15. The summed E-state index contributed by atoms with van der Waals surface area (Å²) in [5.41, 5.74) is 0.423. The number of hydrogen-bond acceptors (Lipinski definition) is 5. The Morgan fingerprint density at radius 2 is 2.06 bits per heavy atom. The van der Waals surface area contributed by atoms with E-state index in [4.69, 9.17) is 17.0 Å². The van der Waals surface area contributed by atoms with Gasteiger partial charge in [-0.25, -0.2) is 13.2 Å².